The van der Waals surface area contributed by atoms with Gasteiger partial charge in [0.05, 0.1) is 35.6 Å². The van der Waals surface area contributed by atoms with Crippen LogP contribution in [0.1, 0.15) is 104 Å². The number of carbonyl (C=O) groups excluding carboxylic acids is 1. The van der Waals surface area contributed by atoms with Crippen molar-refractivity contribution in [2.24, 2.45) is 17.3 Å². The number of aromatic hydroxyl groups is 2. The summed E-state index contributed by atoms with van der Waals surface area (Å²) in [4.78, 5) is 11.8. The molecule has 1 saturated heterocycles. The lowest BCUT2D eigenvalue weighted by Crippen LogP contribution is -2.68. The second-order valence-electron chi connectivity index (χ2n) is 13.1. The molecule has 1 aromatic carbocycles. The molecule has 5 N–H and O–H groups in total. The van der Waals surface area contributed by atoms with Crippen molar-refractivity contribution in [3.8, 4) is 17.2 Å². The van der Waals surface area contributed by atoms with Crippen molar-refractivity contribution in [3.63, 3.8) is 0 Å². The molecule has 1 aliphatic carbocycles. The molecule has 10 atom stereocenters. The maximum Gasteiger partial charge on any atom is 0.302 e. The topological polar surface area (TPSA) is 146 Å². The summed E-state index contributed by atoms with van der Waals surface area (Å²) in [5.41, 5.74) is -2.65. The van der Waals surface area contributed by atoms with Crippen LogP contribution >= 0.6 is 0 Å². The summed E-state index contributed by atoms with van der Waals surface area (Å²) >= 11 is 0. The van der Waals surface area contributed by atoms with E-state index in [1.807, 2.05) is 34.6 Å². The normalized spacial score (nSPS) is 36.4. The van der Waals surface area contributed by atoms with Crippen LogP contribution in [0.4, 0.5) is 0 Å². The predicted molar refractivity (Wildman–Crippen MR) is 144 cm³/mol. The van der Waals surface area contributed by atoms with E-state index in [9.17, 15) is 30.3 Å². The standard InChI is InChI=1S/C30H46O9/c1-9-14(2)25(37-16(4)31)15(3)17-12-18(32)22-24(35)27-29(7,39-26(22)23(17)34)11-10-20-30(27,8)19(33)13-21(38-20)28(5,6)36/h12,14-15,19-21,24-25,27,32-36H,9-11,13H2,1-8H3. The monoisotopic (exact) mass is 550 g/mol. The third-order valence-corrected chi connectivity index (χ3v) is 9.93. The quantitative estimate of drug-likeness (QED) is 0.261. The van der Waals surface area contributed by atoms with Gasteiger partial charge in [-0.25, -0.2) is 0 Å². The Bertz CT molecular complexity index is 1100. The Kier molecular flexibility index (Phi) is 7.73. The van der Waals surface area contributed by atoms with Crippen LogP contribution in [0.15, 0.2) is 6.07 Å². The Morgan fingerprint density at radius 3 is 2.44 bits per heavy atom. The Hall–Kier alpha value is -2.07. The minimum atomic E-state index is -1.27. The van der Waals surface area contributed by atoms with Crippen molar-refractivity contribution in [1.29, 1.82) is 0 Å². The number of esters is 1. The van der Waals surface area contributed by atoms with E-state index in [4.69, 9.17) is 14.2 Å². The molecule has 2 aliphatic heterocycles. The highest BCUT2D eigenvalue weighted by molar-refractivity contribution is 5.66. The van der Waals surface area contributed by atoms with Crippen molar-refractivity contribution in [1.82, 2.24) is 0 Å². The van der Waals surface area contributed by atoms with Crippen LogP contribution in [0, 0.1) is 17.3 Å². The number of hydrogen-bond acceptors (Lipinski definition) is 9. The highest BCUT2D eigenvalue weighted by Crippen LogP contribution is 2.64. The highest BCUT2D eigenvalue weighted by atomic mass is 16.5. The van der Waals surface area contributed by atoms with E-state index in [-0.39, 0.29) is 35.2 Å². The first-order valence-electron chi connectivity index (χ1n) is 14.2. The number of fused-ring (bicyclic) bond motifs is 4. The zero-order chi connectivity index (χ0) is 29.2. The lowest BCUT2D eigenvalue weighted by Gasteiger charge is -2.62. The van der Waals surface area contributed by atoms with Crippen molar-refractivity contribution >= 4 is 5.97 Å². The largest absolute Gasteiger partial charge is 0.507 e. The van der Waals surface area contributed by atoms with E-state index < -0.39 is 64.9 Å². The fraction of sp³-hybridized carbons (Fsp3) is 0.767. The molecular weight excluding hydrogens is 504 g/mol. The van der Waals surface area contributed by atoms with Gasteiger partial charge in [0.2, 0.25) is 0 Å². The van der Waals surface area contributed by atoms with E-state index in [1.54, 1.807) is 13.8 Å². The van der Waals surface area contributed by atoms with Gasteiger partial charge in [-0.3, -0.25) is 4.79 Å². The summed E-state index contributed by atoms with van der Waals surface area (Å²) in [5, 5.41) is 56.5. The maximum absolute atomic E-state index is 11.8. The van der Waals surface area contributed by atoms with E-state index in [1.165, 1.54) is 13.0 Å². The lowest BCUT2D eigenvalue weighted by molar-refractivity contribution is -0.289. The van der Waals surface area contributed by atoms with E-state index in [0.717, 1.165) is 6.42 Å². The van der Waals surface area contributed by atoms with Crippen LogP contribution < -0.4 is 4.74 Å². The molecule has 39 heavy (non-hydrogen) atoms. The third-order valence-electron chi connectivity index (χ3n) is 9.93. The van der Waals surface area contributed by atoms with E-state index >= 15 is 0 Å². The summed E-state index contributed by atoms with van der Waals surface area (Å²) in [7, 11) is 0. The minimum Gasteiger partial charge on any atom is -0.507 e. The van der Waals surface area contributed by atoms with Crippen LogP contribution in [0.5, 0.6) is 17.2 Å². The number of hydrogen-bond donors (Lipinski definition) is 5. The van der Waals surface area contributed by atoms with Gasteiger partial charge in [-0.15, -0.1) is 0 Å². The summed E-state index contributed by atoms with van der Waals surface area (Å²) in [5.74, 6) is -2.01. The van der Waals surface area contributed by atoms with Crippen LogP contribution in [-0.2, 0) is 14.3 Å². The second kappa shape index (κ2) is 10.1. The van der Waals surface area contributed by atoms with Gasteiger partial charge < -0.3 is 39.7 Å². The Labute approximate surface area is 231 Å². The number of phenols is 2. The highest BCUT2D eigenvalue weighted by Gasteiger charge is 2.66. The van der Waals surface area contributed by atoms with Crippen LogP contribution in [-0.4, -0.2) is 67.1 Å². The van der Waals surface area contributed by atoms with Crippen molar-refractivity contribution in [3.05, 3.63) is 17.2 Å². The molecular formula is C30H46O9. The van der Waals surface area contributed by atoms with Gasteiger partial charge in [-0.05, 0) is 45.6 Å². The molecule has 1 aromatic rings. The fourth-order valence-electron chi connectivity index (χ4n) is 7.45. The first kappa shape index (κ1) is 29.9. The van der Waals surface area contributed by atoms with Gasteiger partial charge in [0.1, 0.15) is 17.5 Å². The predicted octanol–water partition coefficient (Wildman–Crippen LogP) is 4.07. The molecule has 0 amide bonds. The SMILES string of the molecule is CCC(C)C(OC(C)=O)C(C)c1cc(O)c2c(c1O)OC1(C)CCC3OC(C(C)(C)O)CC(O)C3(C)C1C2O. The molecule has 0 spiro atoms. The average molecular weight is 551 g/mol. The Morgan fingerprint density at radius 1 is 1.23 bits per heavy atom. The zero-order valence-electron chi connectivity index (χ0n) is 24.4. The molecule has 220 valence electrons. The lowest BCUT2D eigenvalue weighted by atomic mass is 9.52. The van der Waals surface area contributed by atoms with Gasteiger partial charge in [0, 0.05) is 36.2 Å². The minimum absolute atomic E-state index is 0.00868. The van der Waals surface area contributed by atoms with Crippen molar-refractivity contribution in [2.45, 2.75) is 129 Å². The maximum atomic E-state index is 11.8. The summed E-state index contributed by atoms with van der Waals surface area (Å²) in [6.07, 6.45) is -1.84. The first-order valence-corrected chi connectivity index (χ1v) is 14.2. The molecule has 0 aromatic heterocycles. The third kappa shape index (κ3) is 4.79. The molecule has 0 bridgehead atoms. The van der Waals surface area contributed by atoms with Gasteiger partial charge in [0.15, 0.2) is 11.5 Å². The van der Waals surface area contributed by atoms with Crippen molar-refractivity contribution in [2.75, 3.05) is 0 Å². The van der Waals surface area contributed by atoms with Gasteiger partial charge >= 0.3 is 5.97 Å². The molecule has 9 nitrogen and oxygen atoms in total. The Morgan fingerprint density at radius 2 is 1.87 bits per heavy atom. The second-order valence-corrected chi connectivity index (χ2v) is 13.1. The molecule has 9 heteroatoms. The van der Waals surface area contributed by atoms with Gasteiger partial charge in [0.25, 0.3) is 0 Å². The van der Waals surface area contributed by atoms with Crippen LogP contribution in [0.3, 0.4) is 0 Å². The number of phenolic OH excluding ortho intramolecular Hbond substituents is 2. The number of ether oxygens (including phenoxy) is 3. The van der Waals surface area contributed by atoms with E-state index in [0.29, 0.717) is 18.4 Å². The summed E-state index contributed by atoms with van der Waals surface area (Å²) in [6.45, 7) is 14.2. The van der Waals surface area contributed by atoms with E-state index in [2.05, 4.69) is 0 Å². The fourth-order valence-corrected chi connectivity index (χ4v) is 7.45. The average Bonchev–Trinajstić information content (AvgIpc) is 2.83. The molecule has 0 radical (unpaired) electrons. The zero-order valence-corrected chi connectivity index (χ0v) is 24.4. The number of aliphatic hydroxyl groups is 3. The van der Waals surface area contributed by atoms with Gasteiger partial charge in [-0.1, -0.05) is 34.1 Å². The summed E-state index contributed by atoms with van der Waals surface area (Å²) in [6, 6.07) is 1.41. The molecule has 2 heterocycles. The number of carbonyl (C=O) groups is 1. The van der Waals surface area contributed by atoms with Gasteiger partial charge in [-0.2, -0.15) is 0 Å². The number of rotatable bonds is 6. The number of benzene rings is 1. The van der Waals surface area contributed by atoms with Crippen LogP contribution in [0.25, 0.3) is 0 Å². The van der Waals surface area contributed by atoms with Crippen molar-refractivity contribution < 1.29 is 44.5 Å². The molecule has 4 rings (SSSR count). The molecule has 2 fully saturated rings. The van der Waals surface area contributed by atoms with Crippen LogP contribution in [0.2, 0.25) is 0 Å². The summed E-state index contributed by atoms with van der Waals surface area (Å²) < 4.78 is 18.5. The molecule has 1 saturated carbocycles. The molecule has 3 aliphatic rings. The molecule has 10 unspecified atom stereocenters. The first-order chi connectivity index (χ1) is 18.0. The number of aliphatic hydroxyl groups excluding tert-OH is 2. The Balaban J connectivity index is 1.77. The smallest absolute Gasteiger partial charge is 0.302 e.